The Labute approximate surface area is 128 Å². The molecule has 0 spiro atoms. The summed E-state index contributed by atoms with van der Waals surface area (Å²) in [6.45, 7) is 2.76. The van der Waals surface area contributed by atoms with E-state index in [0.29, 0.717) is 23.9 Å². The smallest absolute Gasteiger partial charge is 0.307 e. The number of rotatable bonds is 6. The molecule has 2 heterocycles. The number of carboxylic acid groups (broad SMARTS) is 1. The summed E-state index contributed by atoms with van der Waals surface area (Å²) < 4.78 is 26.1. The Balaban J connectivity index is 2.03. The van der Waals surface area contributed by atoms with Crippen LogP contribution in [0.2, 0.25) is 0 Å². The molecule has 1 aliphatic rings. The second-order valence-corrected chi connectivity index (χ2v) is 7.97. The molecule has 21 heavy (non-hydrogen) atoms. The maximum Gasteiger partial charge on any atom is 0.307 e. The summed E-state index contributed by atoms with van der Waals surface area (Å²) in [4.78, 5) is 15.0. The first-order valence-electron chi connectivity index (χ1n) is 6.73. The Bertz CT molecular complexity index is 595. The Morgan fingerprint density at radius 1 is 1.43 bits per heavy atom. The lowest BCUT2D eigenvalue weighted by atomic mass is 10.2. The zero-order valence-electron chi connectivity index (χ0n) is 11.7. The van der Waals surface area contributed by atoms with E-state index in [1.807, 2.05) is 0 Å². The van der Waals surface area contributed by atoms with Gasteiger partial charge in [-0.2, -0.15) is 4.31 Å². The second-order valence-electron chi connectivity index (χ2n) is 4.99. The summed E-state index contributed by atoms with van der Waals surface area (Å²) in [6, 6.07) is 3.16. The van der Waals surface area contributed by atoms with E-state index in [-0.39, 0.29) is 4.90 Å². The van der Waals surface area contributed by atoms with E-state index >= 15 is 0 Å². The van der Waals surface area contributed by atoms with Gasteiger partial charge in [0.2, 0.25) is 10.0 Å². The van der Waals surface area contributed by atoms with Crippen molar-refractivity contribution in [3.8, 4) is 0 Å². The first kappa shape index (κ1) is 16.3. The van der Waals surface area contributed by atoms with Crippen LogP contribution in [0.3, 0.4) is 0 Å². The molecule has 0 saturated carbocycles. The lowest BCUT2D eigenvalue weighted by Crippen LogP contribution is -2.27. The monoisotopic (exact) mass is 330 g/mol. The molecule has 1 aromatic heterocycles. The van der Waals surface area contributed by atoms with Crippen LogP contribution in [-0.4, -0.2) is 47.6 Å². The van der Waals surface area contributed by atoms with Crippen molar-refractivity contribution in [2.24, 2.45) is 5.92 Å². The highest BCUT2D eigenvalue weighted by atomic mass is 32.2. The Morgan fingerprint density at radius 2 is 2.10 bits per heavy atom. The molecule has 1 unspecified atom stereocenters. The second kappa shape index (κ2) is 6.76. The SMILES string of the molecule is CC(CSc1ccc(S(=O)(=O)N2CCCC2)cn1)C(=O)O. The van der Waals surface area contributed by atoms with Crippen LogP contribution in [0.1, 0.15) is 19.8 Å². The number of aliphatic carboxylic acids is 1. The number of thioether (sulfide) groups is 1. The Kier molecular flexibility index (Phi) is 5.23. The molecule has 0 radical (unpaired) electrons. The van der Waals surface area contributed by atoms with Crippen molar-refractivity contribution in [3.05, 3.63) is 18.3 Å². The van der Waals surface area contributed by atoms with Crippen molar-refractivity contribution in [1.29, 1.82) is 0 Å². The fourth-order valence-electron chi connectivity index (χ4n) is 1.96. The van der Waals surface area contributed by atoms with Gasteiger partial charge in [-0.25, -0.2) is 13.4 Å². The lowest BCUT2D eigenvalue weighted by molar-refractivity contribution is -0.140. The Hall–Kier alpha value is -1.12. The summed E-state index contributed by atoms with van der Waals surface area (Å²) in [7, 11) is -3.43. The van der Waals surface area contributed by atoms with Crippen molar-refractivity contribution in [2.75, 3.05) is 18.8 Å². The zero-order chi connectivity index (χ0) is 15.5. The van der Waals surface area contributed by atoms with Crippen molar-refractivity contribution >= 4 is 27.8 Å². The summed E-state index contributed by atoms with van der Waals surface area (Å²) in [6.07, 6.45) is 3.14. The molecule has 1 fully saturated rings. The van der Waals surface area contributed by atoms with Crippen LogP contribution in [0.4, 0.5) is 0 Å². The molecule has 1 saturated heterocycles. The minimum Gasteiger partial charge on any atom is -0.481 e. The number of carbonyl (C=O) groups is 1. The highest BCUT2D eigenvalue weighted by molar-refractivity contribution is 7.99. The van der Waals surface area contributed by atoms with Gasteiger partial charge in [-0.3, -0.25) is 4.79 Å². The highest BCUT2D eigenvalue weighted by Crippen LogP contribution is 2.23. The fraction of sp³-hybridized carbons (Fsp3) is 0.538. The van der Waals surface area contributed by atoms with Gasteiger partial charge in [0.15, 0.2) is 0 Å². The first-order chi connectivity index (χ1) is 9.91. The molecule has 116 valence electrons. The molecule has 0 amide bonds. The van der Waals surface area contributed by atoms with Gasteiger partial charge in [0.05, 0.1) is 10.9 Å². The third-order valence-electron chi connectivity index (χ3n) is 3.31. The largest absolute Gasteiger partial charge is 0.481 e. The molecule has 1 N–H and O–H groups in total. The molecule has 0 aromatic carbocycles. The van der Waals surface area contributed by atoms with E-state index in [1.165, 1.54) is 28.3 Å². The maximum atomic E-state index is 12.3. The number of aromatic nitrogens is 1. The van der Waals surface area contributed by atoms with E-state index in [0.717, 1.165) is 12.8 Å². The fourth-order valence-corrected chi connectivity index (χ4v) is 4.28. The van der Waals surface area contributed by atoms with E-state index in [4.69, 9.17) is 5.11 Å². The number of pyridine rings is 1. The van der Waals surface area contributed by atoms with Crippen LogP contribution in [0, 0.1) is 5.92 Å². The minimum absolute atomic E-state index is 0.194. The van der Waals surface area contributed by atoms with Crippen molar-refractivity contribution in [3.63, 3.8) is 0 Å². The summed E-state index contributed by atoms with van der Waals surface area (Å²) in [5.74, 6) is -0.916. The molecular formula is C13H18N2O4S2. The maximum absolute atomic E-state index is 12.3. The van der Waals surface area contributed by atoms with Gasteiger partial charge >= 0.3 is 5.97 Å². The minimum atomic E-state index is -3.43. The molecule has 0 aliphatic carbocycles. The van der Waals surface area contributed by atoms with E-state index in [1.54, 1.807) is 13.0 Å². The number of hydrogen-bond donors (Lipinski definition) is 1. The third-order valence-corrected chi connectivity index (χ3v) is 6.40. The molecule has 2 rings (SSSR count). The van der Waals surface area contributed by atoms with Crippen molar-refractivity contribution in [2.45, 2.75) is 29.7 Å². The molecule has 1 aromatic rings. The van der Waals surface area contributed by atoms with Gasteiger partial charge in [0.1, 0.15) is 4.90 Å². The van der Waals surface area contributed by atoms with E-state index < -0.39 is 21.9 Å². The van der Waals surface area contributed by atoms with Gasteiger partial charge in [-0.15, -0.1) is 11.8 Å². The summed E-state index contributed by atoms with van der Waals surface area (Å²) >= 11 is 1.31. The van der Waals surface area contributed by atoms with Crippen LogP contribution in [0.25, 0.3) is 0 Å². The van der Waals surface area contributed by atoms with Gasteiger partial charge in [0.25, 0.3) is 0 Å². The summed E-state index contributed by atoms with van der Waals surface area (Å²) in [5.41, 5.74) is 0. The molecule has 1 aliphatic heterocycles. The average molecular weight is 330 g/mol. The molecule has 8 heteroatoms. The van der Waals surface area contributed by atoms with Crippen LogP contribution < -0.4 is 0 Å². The molecular weight excluding hydrogens is 312 g/mol. The highest BCUT2D eigenvalue weighted by Gasteiger charge is 2.27. The molecule has 1 atom stereocenters. The van der Waals surface area contributed by atoms with Crippen LogP contribution >= 0.6 is 11.8 Å². The molecule has 0 bridgehead atoms. The standard InChI is InChI=1S/C13H18N2O4S2/c1-10(13(16)17)9-20-12-5-4-11(8-14-12)21(18,19)15-6-2-3-7-15/h4-5,8,10H,2-3,6-7,9H2,1H3,(H,16,17). The predicted molar refractivity (Wildman–Crippen MR) is 79.8 cm³/mol. The van der Waals surface area contributed by atoms with Crippen LogP contribution in [-0.2, 0) is 14.8 Å². The average Bonchev–Trinajstić information content (AvgIpc) is 3.00. The normalized spacial score (nSPS) is 17.8. The van der Waals surface area contributed by atoms with Gasteiger partial charge in [-0.05, 0) is 25.0 Å². The first-order valence-corrected chi connectivity index (χ1v) is 9.15. The Morgan fingerprint density at radius 3 is 2.62 bits per heavy atom. The van der Waals surface area contributed by atoms with Gasteiger partial charge in [0, 0.05) is 25.0 Å². The molecule has 6 nitrogen and oxygen atoms in total. The number of carboxylic acids is 1. The number of hydrogen-bond acceptors (Lipinski definition) is 5. The van der Waals surface area contributed by atoms with Gasteiger partial charge in [-0.1, -0.05) is 6.92 Å². The van der Waals surface area contributed by atoms with Crippen molar-refractivity contribution < 1.29 is 18.3 Å². The number of nitrogens with zero attached hydrogens (tertiary/aromatic N) is 2. The predicted octanol–water partition coefficient (Wildman–Crippen LogP) is 1.68. The number of sulfonamides is 1. The summed E-state index contributed by atoms with van der Waals surface area (Å²) in [5, 5.41) is 9.44. The van der Waals surface area contributed by atoms with Gasteiger partial charge < -0.3 is 5.11 Å². The van der Waals surface area contributed by atoms with Crippen LogP contribution in [0.5, 0.6) is 0 Å². The lowest BCUT2D eigenvalue weighted by Gasteiger charge is -2.15. The van der Waals surface area contributed by atoms with E-state index in [9.17, 15) is 13.2 Å². The third kappa shape index (κ3) is 3.96. The van der Waals surface area contributed by atoms with Crippen LogP contribution in [0.15, 0.2) is 28.3 Å². The topological polar surface area (TPSA) is 87.6 Å². The quantitative estimate of drug-likeness (QED) is 0.799. The van der Waals surface area contributed by atoms with E-state index in [2.05, 4.69) is 4.98 Å². The van der Waals surface area contributed by atoms with Crippen molar-refractivity contribution in [1.82, 2.24) is 9.29 Å². The zero-order valence-corrected chi connectivity index (χ0v) is 13.4.